The van der Waals surface area contributed by atoms with Gasteiger partial charge in [-0.25, -0.2) is 0 Å². The second-order valence-electron chi connectivity index (χ2n) is 6.16. The maximum Gasteiger partial charge on any atom is 0.258 e. The summed E-state index contributed by atoms with van der Waals surface area (Å²) in [6, 6.07) is 22.5. The molecular weight excluding hydrogens is 322 g/mol. The highest BCUT2D eigenvalue weighted by atomic mass is 16.5. The van der Waals surface area contributed by atoms with Gasteiger partial charge in [-0.15, -0.1) is 0 Å². The van der Waals surface area contributed by atoms with Gasteiger partial charge >= 0.3 is 0 Å². The first-order valence-electron chi connectivity index (χ1n) is 8.78. The molecule has 2 heterocycles. The van der Waals surface area contributed by atoms with Crippen LogP contribution >= 0.6 is 0 Å². The van der Waals surface area contributed by atoms with Crippen molar-refractivity contribution in [2.75, 3.05) is 0 Å². The topological polar surface area (TPSA) is 51.8 Å². The number of aromatic nitrogens is 3. The second kappa shape index (κ2) is 7.31. The molecule has 4 heteroatoms. The van der Waals surface area contributed by atoms with Gasteiger partial charge in [-0.3, -0.25) is 4.98 Å². The normalized spacial score (nSPS) is 10.8. The Hall–Kier alpha value is -3.27. The van der Waals surface area contributed by atoms with Crippen molar-refractivity contribution < 1.29 is 4.52 Å². The van der Waals surface area contributed by atoms with Crippen LogP contribution in [0.5, 0.6) is 0 Å². The number of hydrogen-bond acceptors (Lipinski definition) is 4. The lowest BCUT2D eigenvalue weighted by molar-refractivity contribution is 0.432. The minimum absolute atomic E-state index is 0.496. The van der Waals surface area contributed by atoms with Gasteiger partial charge < -0.3 is 4.52 Å². The molecule has 0 aliphatic rings. The van der Waals surface area contributed by atoms with E-state index in [4.69, 9.17) is 4.52 Å². The number of pyridine rings is 1. The molecule has 4 nitrogen and oxygen atoms in total. The van der Waals surface area contributed by atoms with Crippen LogP contribution in [0.25, 0.3) is 34.1 Å². The van der Waals surface area contributed by atoms with E-state index in [0.717, 1.165) is 12.0 Å². The van der Waals surface area contributed by atoms with Crippen molar-refractivity contribution in [1.82, 2.24) is 15.1 Å². The third-order valence-corrected chi connectivity index (χ3v) is 4.28. The average Bonchev–Trinajstić information content (AvgIpc) is 3.20. The van der Waals surface area contributed by atoms with Crippen molar-refractivity contribution in [3.8, 4) is 34.1 Å². The quantitative estimate of drug-likeness (QED) is 0.486. The zero-order chi connectivity index (χ0) is 17.8. The zero-order valence-electron chi connectivity index (χ0n) is 14.6. The van der Waals surface area contributed by atoms with Crippen LogP contribution in [0, 0.1) is 0 Å². The molecule has 0 unspecified atom stereocenters. The summed E-state index contributed by atoms with van der Waals surface area (Å²) in [6.07, 6.45) is 4.00. The van der Waals surface area contributed by atoms with E-state index in [2.05, 4.69) is 58.4 Å². The highest BCUT2D eigenvalue weighted by molar-refractivity contribution is 5.68. The lowest BCUT2D eigenvalue weighted by Gasteiger charge is -2.04. The minimum atomic E-state index is 0.496. The van der Waals surface area contributed by atoms with Crippen LogP contribution < -0.4 is 0 Å². The van der Waals surface area contributed by atoms with Crippen molar-refractivity contribution in [3.05, 3.63) is 78.5 Å². The summed E-state index contributed by atoms with van der Waals surface area (Å²) in [5.74, 6) is 0.992. The molecule has 0 atom stereocenters. The SMILES string of the molecule is CCCc1ccc(-c2ccc(-c3nc(-c4ccccn4)no3)cc2)cc1. The predicted octanol–water partition coefficient (Wildman–Crippen LogP) is 5.42. The Morgan fingerprint density at radius 3 is 2.15 bits per heavy atom. The van der Waals surface area contributed by atoms with Gasteiger partial charge in [0, 0.05) is 11.8 Å². The fourth-order valence-corrected chi connectivity index (χ4v) is 2.90. The monoisotopic (exact) mass is 341 g/mol. The molecule has 0 fully saturated rings. The van der Waals surface area contributed by atoms with E-state index in [1.807, 2.05) is 30.3 Å². The van der Waals surface area contributed by atoms with E-state index in [9.17, 15) is 0 Å². The molecule has 0 bridgehead atoms. The molecule has 26 heavy (non-hydrogen) atoms. The fraction of sp³-hybridized carbons (Fsp3) is 0.136. The smallest absolute Gasteiger partial charge is 0.258 e. The van der Waals surface area contributed by atoms with Crippen LogP contribution in [0.1, 0.15) is 18.9 Å². The molecule has 0 saturated heterocycles. The van der Waals surface area contributed by atoms with E-state index in [0.29, 0.717) is 17.4 Å². The van der Waals surface area contributed by atoms with Gasteiger partial charge in [0.25, 0.3) is 5.89 Å². The number of benzene rings is 2. The molecule has 4 rings (SSSR count). The highest BCUT2D eigenvalue weighted by Gasteiger charge is 2.11. The van der Waals surface area contributed by atoms with Gasteiger partial charge in [0.1, 0.15) is 5.69 Å². The van der Waals surface area contributed by atoms with Gasteiger partial charge in [-0.2, -0.15) is 4.98 Å². The summed E-state index contributed by atoms with van der Waals surface area (Å²) in [6.45, 7) is 2.20. The molecule has 0 aliphatic carbocycles. The van der Waals surface area contributed by atoms with Crippen molar-refractivity contribution in [2.45, 2.75) is 19.8 Å². The summed E-state index contributed by atoms with van der Waals surface area (Å²) >= 11 is 0. The third kappa shape index (κ3) is 3.40. The summed E-state index contributed by atoms with van der Waals surface area (Å²) < 4.78 is 5.39. The third-order valence-electron chi connectivity index (χ3n) is 4.28. The predicted molar refractivity (Wildman–Crippen MR) is 102 cm³/mol. The molecule has 128 valence electrons. The van der Waals surface area contributed by atoms with Crippen LogP contribution in [0.3, 0.4) is 0 Å². The van der Waals surface area contributed by atoms with E-state index in [1.165, 1.54) is 23.1 Å². The standard InChI is InChI=1S/C22H19N3O/c1-2-5-16-7-9-17(10-8-16)18-11-13-19(14-12-18)22-24-21(25-26-22)20-6-3-4-15-23-20/h3-4,6-15H,2,5H2,1H3. The van der Waals surface area contributed by atoms with Gasteiger partial charge in [0.05, 0.1) is 0 Å². The lowest BCUT2D eigenvalue weighted by Crippen LogP contribution is -1.85. The molecule has 0 amide bonds. The molecule has 0 aliphatic heterocycles. The Morgan fingerprint density at radius 1 is 0.808 bits per heavy atom. The van der Waals surface area contributed by atoms with Crippen LogP contribution in [0.2, 0.25) is 0 Å². The highest BCUT2D eigenvalue weighted by Crippen LogP contribution is 2.25. The van der Waals surface area contributed by atoms with Crippen molar-refractivity contribution in [3.63, 3.8) is 0 Å². The maximum atomic E-state index is 5.39. The van der Waals surface area contributed by atoms with Crippen molar-refractivity contribution >= 4 is 0 Å². The number of nitrogens with zero attached hydrogens (tertiary/aromatic N) is 3. The minimum Gasteiger partial charge on any atom is -0.334 e. The first-order chi connectivity index (χ1) is 12.8. The fourth-order valence-electron chi connectivity index (χ4n) is 2.90. The Balaban J connectivity index is 1.55. The average molecular weight is 341 g/mol. The first-order valence-corrected chi connectivity index (χ1v) is 8.78. The molecule has 0 N–H and O–H groups in total. The van der Waals surface area contributed by atoms with E-state index < -0.39 is 0 Å². The van der Waals surface area contributed by atoms with Gasteiger partial charge in [0.15, 0.2) is 0 Å². The maximum absolute atomic E-state index is 5.39. The Bertz CT molecular complexity index is 974. The largest absolute Gasteiger partial charge is 0.334 e. The van der Waals surface area contributed by atoms with Gasteiger partial charge in [-0.05, 0) is 47.4 Å². The number of rotatable bonds is 5. The molecule has 0 saturated carbocycles. The summed E-state index contributed by atoms with van der Waals surface area (Å²) in [5, 5.41) is 4.02. The second-order valence-corrected chi connectivity index (χ2v) is 6.16. The van der Waals surface area contributed by atoms with Gasteiger partial charge in [-0.1, -0.05) is 61.0 Å². The summed E-state index contributed by atoms with van der Waals surface area (Å²) in [7, 11) is 0. The van der Waals surface area contributed by atoms with E-state index in [1.54, 1.807) is 6.20 Å². The van der Waals surface area contributed by atoms with Crippen molar-refractivity contribution in [1.29, 1.82) is 0 Å². The van der Waals surface area contributed by atoms with E-state index in [-0.39, 0.29) is 0 Å². The van der Waals surface area contributed by atoms with Crippen LogP contribution in [0.4, 0.5) is 0 Å². The Kier molecular flexibility index (Phi) is 4.56. The van der Waals surface area contributed by atoms with Crippen LogP contribution in [-0.4, -0.2) is 15.1 Å². The lowest BCUT2D eigenvalue weighted by atomic mass is 10.0. The first kappa shape index (κ1) is 16.2. The number of hydrogen-bond donors (Lipinski definition) is 0. The molecular formula is C22H19N3O. The van der Waals surface area contributed by atoms with Gasteiger partial charge in [0.2, 0.25) is 5.82 Å². The summed E-state index contributed by atoms with van der Waals surface area (Å²) in [4.78, 5) is 8.69. The molecule has 0 spiro atoms. The van der Waals surface area contributed by atoms with E-state index >= 15 is 0 Å². The van der Waals surface area contributed by atoms with Crippen molar-refractivity contribution in [2.24, 2.45) is 0 Å². The Morgan fingerprint density at radius 2 is 1.50 bits per heavy atom. The molecule has 4 aromatic rings. The molecule has 0 radical (unpaired) electrons. The molecule has 2 aromatic carbocycles. The Labute approximate surface area is 152 Å². The van der Waals surface area contributed by atoms with Crippen LogP contribution in [-0.2, 0) is 6.42 Å². The zero-order valence-corrected chi connectivity index (χ0v) is 14.6. The summed E-state index contributed by atoms with van der Waals surface area (Å²) in [5.41, 5.74) is 5.34. The number of aryl methyl sites for hydroxylation is 1. The molecule has 2 aromatic heterocycles. The van der Waals surface area contributed by atoms with Crippen LogP contribution in [0.15, 0.2) is 77.4 Å².